The molecule has 6 heteroatoms. The Labute approximate surface area is 118 Å². The van der Waals surface area contributed by atoms with E-state index in [-0.39, 0.29) is 10.7 Å². The minimum absolute atomic E-state index is 0.105. The summed E-state index contributed by atoms with van der Waals surface area (Å²) in [7, 11) is -2.28. The summed E-state index contributed by atoms with van der Waals surface area (Å²) in [6.07, 6.45) is 1.52. The molecule has 1 aromatic heterocycles. The first-order chi connectivity index (χ1) is 9.44. The van der Waals surface area contributed by atoms with Crippen LogP contribution in [-0.4, -0.2) is 20.5 Å². The lowest BCUT2D eigenvalue weighted by Crippen LogP contribution is -2.15. The van der Waals surface area contributed by atoms with Gasteiger partial charge in [-0.2, -0.15) is 0 Å². The van der Waals surface area contributed by atoms with Crippen molar-refractivity contribution in [2.24, 2.45) is 0 Å². The van der Waals surface area contributed by atoms with Gasteiger partial charge in [-0.15, -0.1) is 0 Å². The third-order valence-electron chi connectivity index (χ3n) is 2.97. The smallest absolute Gasteiger partial charge is 0.266 e. The third-order valence-corrected chi connectivity index (χ3v) is 4.35. The minimum Gasteiger partial charge on any atom is -0.495 e. The van der Waals surface area contributed by atoms with E-state index in [1.165, 1.54) is 13.3 Å². The first kappa shape index (κ1) is 14.3. The van der Waals surface area contributed by atoms with E-state index in [1.807, 2.05) is 13.8 Å². The number of methoxy groups -OCH3 is 1. The summed E-state index contributed by atoms with van der Waals surface area (Å²) in [5.41, 5.74) is 1.85. The van der Waals surface area contributed by atoms with Crippen LogP contribution in [0.5, 0.6) is 5.75 Å². The molecule has 1 aromatic carbocycles. The molecule has 106 valence electrons. The molecular formula is C14H16N2O3S. The Balaban J connectivity index is 2.47. The monoisotopic (exact) mass is 292 g/mol. The van der Waals surface area contributed by atoms with E-state index < -0.39 is 10.0 Å². The number of nitrogens with zero attached hydrogens (tertiary/aromatic N) is 1. The van der Waals surface area contributed by atoms with E-state index in [1.54, 1.807) is 30.3 Å². The van der Waals surface area contributed by atoms with Gasteiger partial charge in [-0.3, -0.25) is 4.72 Å². The van der Waals surface area contributed by atoms with Crippen LogP contribution in [0.4, 0.5) is 5.82 Å². The summed E-state index contributed by atoms with van der Waals surface area (Å²) < 4.78 is 32.4. The maximum atomic E-state index is 12.4. The number of hydrogen-bond donors (Lipinski definition) is 1. The quantitative estimate of drug-likeness (QED) is 0.940. The number of aryl methyl sites for hydroxylation is 2. The number of anilines is 1. The number of nitrogens with one attached hydrogen (secondary N) is 1. The fourth-order valence-corrected chi connectivity index (χ4v) is 2.99. The molecule has 0 radical (unpaired) electrons. The van der Waals surface area contributed by atoms with E-state index in [0.29, 0.717) is 5.75 Å². The molecule has 0 saturated heterocycles. The van der Waals surface area contributed by atoms with Crippen LogP contribution in [-0.2, 0) is 10.0 Å². The number of sulfonamides is 1. The second kappa shape index (κ2) is 5.50. The van der Waals surface area contributed by atoms with E-state index in [2.05, 4.69) is 9.71 Å². The van der Waals surface area contributed by atoms with Gasteiger partial charge in [0.25, 0.3) is 10.0 Å². The maximum Gasteiger partial charge on any atom is 0.266 e. The van der Waals surface area contributed by atoms with Gasteiger partial charge >= 0.3 is 0 Å². The molecule has 0 atom stereocenters. The first-order valence-corrected chi connectivity index (χ1v) is 7.51. The van der Waals surface area contributed by atoms with Crippen molar-refractivity contribution < 1.29 is 13.2 Å². The van der Waals surface area contributed by atoms with Gasteiger partial charge in [0.2, 0.25) is 0 Å². The highest BCUT2D eigenvalue weighted by Crippen LogP contribution is 2.28. The second-order valence-electron chi connectivity index (χ2n) is 4.41. The van der Waals surface area contributed by atoms with Crippen molar-refractivity contribution in [2.45, 2.75) is 18.7 Å². The highest BCUT2D eigenvalue weighted by atomic mass is 32.2. The maximum absolute atomic E-state index is 12.4. The molecular weight excluding hydrogens is 276 g/mol. The van der Waals surface area contributed by atoms with Crippen LogP contribution in [0.3, 0.4) is 0 Å². The van der Waals surface area contributed by atoms with Crippen molar-refractivity contribution in [3.63, 3.8) is 0 Å². The molecule has 0 aliphatic rings. The van der Waals surface area contributed by atoms with E-state index in [4.69, 9.17) is 4.74 Å². The minimum atomic E-state index is -3.73. The molecule has 2 rings (SSSR count). The van der Waals surface area contributed by atoms with Crippen molar-refractivity contribution in [2.75, 3.05) is 11.8 Å². The fraction of sp³-hybridized carbons (Fsp3) is 0.214. The van der Waals surface area contributed by atoms with Gasteiger partial charge in [-0.25, -0.2) is 13.4 Å². The number of aromatic nitrogens is 1. The van der Waals surface area contributed by atoms with Crippen LogP contribution in [0.15, 0.2) is 41.4 Å². The normalized spacial score (nSPS) is 11.2. The van der Waals surface area contributed by atoms with Crippen molar-refractivity contribution in [1.29, 1.82) is 0 Å². The largest absolute Gasteiger partial charge is 0.495 e. The molecule has 0 aliphatic heterocycles. The molecule has 0 fully saturated rings. The van der Waals surface area contributed by atoms with Gasteiger partial charge in [0, 0.05) is 6.20 Å². The van der Waals surface area contributed by atoms with Crippen molar-refractivity contribution in [3.8, 4) is 5.75 Å². The standard InChI is InChI=1S/C14H16N2O3S/c1-10-8-12(19-3)13(9-11(10)2)20(17,18)16-14-6-4-5-7-15-14/h4-9H,1-3H3,(H,15,16). The summed E-state index contributed by atoms with van der Waals surface area (Å²) in [6, 6.07) is 8.32. The van der Waals surface area contributed by atoms with E-state index >= 15 is 0 Å². The van der Waals surface area contributed by atoms with E-state index in [9.17, 15) is 8.42 Å². The van der Waals surface area contributed by atoms with Crippen LogP contribution >= 0.6 is 0 Å². The van der Waals surface area contributed by atoms with Gasteiger partial charge in [0.1, 0.15) is 16.5 Å². The van der Waals surface area contributed by atoms with Crippen molar-refractivity contribution in [1.82, 2.24) is 4.98 Å². The molecule has 0 saturated carbocycles. The zero-order valence-electron chi connectivity index (χ0n) is 11.5. The van der Waals surface area contributed by atoms with Gasteiger partial charge in [0.15, 0.2) is 0 Å². The average molecular weight is 292 g/mol. The van der Waals surface area contributed by atoms with Gasteiger partial charge in [0.05, 0.1) is 7.11 Å². The highest BCUT2D eigenvalue weighted by Gasteiger charge is 2.21. The lowest BCUT2D eigenvalue weighted by atomic mass is 10.1. The predicted molar refractivity (Wildman–Crippen MR) is 77.5 cm³/mol. The zero-order valence-corrected chi connectivity index (χ0v) is 12.4. The molecule has 0 bridgehead atoms. The Morgan fingerprint density at radius 1 is 1.15 bits per heavy atom. The molecule has 1 N–H and O–H groups in total. The zero-order chi connectivity index (χ0) is 14.8. The molecule has 0 aliphatic carbocycles. The SMILES string of the molecule is COc1cc(C)c(C)cc1S(=O)(=O)Nc1ccccn1. The van der Waals surface area contributed by atoms with Crippen LogP contribution in [0, 0.1) is 13.8 Å². The molecule has 2 aromatic rings. The first-order valence-electron chi connectivity index (χ1n) is 6.03. The van der Waals surface area contributed by atoms with E-state index in [0.717, 1.165) is 11.1 Å². The summed E-state index contributed by atoms with van der Waals surface area (Å²) in [5, 5.41) is 0. The topological polar surface area (TPSA) is 68.3 Å². The number of pyridine rings is 1. The number of rotatable bonds is 4. The molecule has 1 heterocycles. The summed E-state index contributed by atoms with van der Waals surface area (Å²) in [4.78, 5) is 4.06. The average Bonchev–Trinajstić information content (AvgIpc) is 2.42. The summed E-state index contributed by atoms with van der Waals surface area (Å²) >= 11 is 0. The Morgan fingerprint density at radius 3 is 2.45 bits per heavy atom. The number of ether oxygens (including phenoxy) is 1. The Morgan fingerprint density at radius 2 is 1.85 bits per heavy atom. The van der Waals surface area contributed by atoms with Crippen LogP contribution in [0.1, 0.15) is 11.1 Å². The Bertz CT molecular complexity index is 713. The van der Waals surface area contributed by atoms with Crippen LogP contribution in [0.2, 0.25) is 0 Å². The molecule has 20 heavy (non-hydrogen) atoms. The molecule has 5 nitrogen and oxygen atoms in total. The third kappa shape index (κ3) is 2.91. The second-order valence-corrected chi connectivity index (χ2v) is 6.06. The van der Waals surface area contributed by atoms with Crippen LogP contribution < -0.4 is 9.46 Å². The molecule has 0 unspecified atom stereocenters. The molecule has 0 spiro atoms. The molecule has 0 amide bonds. The summed E-state index contributed by atoms with van der Waals surface area (Å²) in [5.74, 6) is 0.587. The lowest BCUT2D eigenvalue weighted by Gasteiger charge is -2.13. The highest BCUT2D eigenvalue weighted by molar-refractivity contribution is 7.92. The number of hydrogen-bond acceptors (Lipinski definition) is 4. The summed E-state index contributed by atoms with van der Waals surface area (Å²) in [6.45, 7) is 3.76. The number of benzene rings is 1. The van der Waals surface area contributed by atoms with Gasteiger partial charge in [-0.05, 0) is 49.2 Å². The lowest BCUT2D eigenvalue weighted by molar-refractivity contribution is 0.402. The van der Waals surface area contributed by atoms with Crippen molar-refractivity contribution >= 4 is 15.8 Å². The van der Waals surface area contributed by atoms with Gasteiger partial charge < -0.3 is 4.74 Å². The van der Waals surface area contributed by atoms with Crippen LogP contribution in [0.25, 0.3) is 0 Å². The Hall–Kier alpha value is -2.08. The Kier molecular flexibility index (Phi) is 3.94. The van der Waals surface area contributed by atoms with Gasteiger partial charge in [-0.1, -0.05) is 6.07 Å². The van der Waals surface area contributed by atoms with Crippen molar-refractivity contribution in [3.05, 3.63) is 47.7 Å². The fourth-order valence-electron chi connectivity index (χ4n) is 1.75. The predicted octanol–water partition coefficient (Wildman–Crippen LogP) is 2.51.